The van der Waals surface area contributed by atoms with Crippen LogP contribution in [0.25, 0.3) is 11.0 Å². The van der Waals surface area contributed by atoms with Gasteiger partial charge in [0.25, 0.3) is 0 Å². The highest BCUT2D eigenvalue weighted by atomic mass is 35.5. The molecule has 0 unspecified atom stereocenters. The Kier molecular flexibility index (Phi) is 9.39. The van der Waals surface area contributed by atoms with E-state index in [1.54, 1.807) is 55.4 Å². The van der Waals surface area contributed by atoms with Crippen LogP contribution in [0.5, 0.6) is 0 Å². The van der Waals surface area contributed by atoms with E-state index in [2.05, 4.69) is 15.1 Å². The number of hydrogen-bond acceptors (Lipinski definition) is 12. The first-order valence-electron chi connectivity index (χ1n) is 15.2. The van der Waals surface area contributed by atoms with Crippen LogP contribution in [0, 0.1) is 0 Å². The number of nitrogens with zero attached hydrogens (tertiary/aromatic N) is 5. The van der Waals surface area contributed by atoms with E-state index >= 15 is 0 Å². The van der Waals surface area contributed by atoms with Crippen LogP contribution >= 0.6 is 19.2 Å². The van der Waals surface area contributed by atoms with Crippen LogP contribution in [0.1, 0.15) is 87.3 Å². The van der Waals surface area contributed by atoms with Crippen LogP contribution in [-0.2, 0) is 37.7 Å². The minimum Gasteiger partial charge on any atom is -0.465 e. The van der Waals surface area contributed by atoms with Gasteiger partial charge < -0.3 is 28.4 Å². The number of sulfone groups is 1. The van der Waals surface area contributed by atoms with Crippen molar-refractivity contribution in [2.24, 2.45) is 0 Å². The van der Waals surface area contributed by atoms with Gasteiger partial charge in [0.15, 0.2) is 38.8 Å². The summed E-state index contributed by atoms with van der Waals surface area (Å²) in [6, 6.07) is -0.274. The fourth-order valence-electron chi connectivity index (χ4n) is 6.28. The topological polar surface area (TPSA) is 181 Å². The quantitative estimate of drug-likeness (QED) is 0.254. The zero-order valence-electron chi connectivity index (χ0n) is 27.3. The average molecular weight is 708 g/mol. The van der Waals surface area contributed by atoms with E-state index < -0.39 is 76.3 Å². The molecule has 0 radical (unpaired) electrons. The molecule has 258 valence electrons. The first kappa shape index (κ1) is 35.4. The lowest BCUT2D eigenvalue weighted by Crippen LogP contribution is -2.38. The zero-order chi connectivity index (χ0) is 34.0. The monoisotopic (exact) mass is 707 g/mol. The molecule has 1 aliphatic carbocycles. The summed E-state index contributed by atoms with van der Waals surface area (Å²) in [5.74, 6) is -1.57. The van der Waals surface area contributed by atoms with Gasteiger partial charge in [-0.25, -0.2) is 17.9 Å². The summed E-state index contributed by atoms with van der Waals surface area (Å²) in [6.07, 6.45) is -0.363. The second-order valence-electron chi connectivity index (χ2n) is 14.4. The molecular weight excluding hydrogens is 665 g/mol. The number of hydrogen-bond donors (Lipinski definition) is 1. The van der Waals surface area contributed by atoms with Crippen molar-refractivity contribution in [2.45, 2.75) is 129 Å². The predicted molar refractivity (Wildman–Crippen MR) is 169 cm³/mol. The fourth-order valence-corrected chi connectivity index (χ4v) is 11.7. The molecule has 0 spiro atoms. The highest BCUT2D eigenvalue weighted by molar-refractivity contribution is 7.97. The van der Waals surface area contributed by atoms with Crippen LogP contribution < -0.4 is 4.90 Å². The third kappa shape index (κ3) is 7.86. The molecule has 2 aromatic heterocycles. The smallest absolute Gasteiger partial charge is 0.413 e. The van der Waals surface area contributed by atoms with Gasteiger partial charge in [-0.1, -0.05) is 12.8 Å². The van der Waals surface area contributed by atoms with Gasteiger partial charge >= 0.3 is 13.7 Å². The van der Waals surface area contributed by atoms with E-state index in [9.17, 15) is 22.9 Å². The summed E-state index contributed by atoms with van der Waals surface area (Å²) in [4.78, 5) is 22.2. The first-order chi connectivity index (χ1) is 21.1. The normalized spacial score (nSPS) is 25.8. The zero-order valence-corrected chi connectivity index (χ0v) is 29.8. The Hall–Kier alpha value is -1.91. The molecule has 1 saturated carbocycles. The van der Waals surface area contributed by atoms with Crippen LogP contribution in [0.3, 0.4) is 0 Å². The Morgan fingerprint density at radius 1 is 1.11 bits per heavy atom. The van der Waals surface area contributed by atoms with E-state index in [-0.39, 0.29) is 22.8 Å². The lowest BCUT2D eigenvalue weighted by Gasteiger charge is -2.32. The molecule has 4 atom stereocenters. The van der Waals surface area contributed by atoms with Crippen molar-refractivity contribution in [3.8, 4) is 0 Å². The Morgan fingerprint density at radius 2 is 1.70 bits per heavy atom. The van der Waals surface area contributed by atoms with Crippen molar-refractivity contribution in [2.75, 3.05) is 16.1 Å². The summed E-state index contributed by atoms with van der Waals surface area (Å²) in [6.45, 7) is 13.4. The third-order valence-electron chi connectivity index (χ3n) is 7.50. The molecule has 2 aliphatic heterocycles. The summed E-state index contributed by atoms with van der Waals surface area (Å²) < 4.78 is 72.5. The van der Waals surface area contributed by atoms with Gasteiger partial charge in [0.05, 0.1) is 28.5 Å². The van der Waals surface area contributed by atoms with Crippen molar-refractivity contribution >= 4 is 52.0 Å². The molecule has 3 aliphatic rings. The average Bonchev–Trinajstić information content (AvgIpc) is 3.61. The maximum absolute atomic E-state index is 13.8. The summed E-state index contributed by atoms with van der Waals surface area (Å²) in [5.41, 5.74) is -2.58. The van der Waals surface area contributed by atoms with E-state index in [0.29, 0.717) is 18.2 Å². The van der Waals surface area contributed by atoms with Crippen molar-refractivity contribution in [3.05, 3.63) is 11.5 Å². The molecule has 18 heteroatoms. The number of amides is 1. The van der Waals surface area contributed by atoms with E-state index in [0.717, 1.165) is 12.8 Å². The third-order valence-corrected chi connectivity index (χ3v) is 13.0. The van der Waals surface area contributed by atoms with E-state index in [1.165, 1.54) is 15.8 Å². The highest BCUT2D eigenvalue weighted by Crippen LogP contribution is 2.56. The van der Waals surface area contributed by atoms with E-state index in [4.69, 9.17) is 34.9 Å². The molecule has 46 heavy (non-hydrogen) atoms. The maximum atomic E-state index is 13.8. The van der Waals surface area contributed by atoms with Crippen LogP contribution in [0.15, 0.2) is 6.20 Å². The number of carboxylic acid groups (broad SMARTS) is 1. The Bertz CT molecular complexity index is 1610. The lowest BCUT2D eigenvalue weighted by atomic mass is 10.1. The molecule has 2 aromatic rings. The molecule has 2 saturated heterocycles. The summed E-state index contributed by atoms with van der Waals surface area (Å²) >= 11 is 6.33. The molecule has 15 nitrogen and oxygen atoms in total. The van der Waals surface area contributed by atoms with Crippen LogP contribution in [0.2, 0.25) is 5.28 Å². The van der Waals surface area contributed by atoms with E-state index in [1.807, 2.05) is 0 Å². The van der Waals surface area contributed by atoms with Crippen LogP contribution in [-0.4, -0.2) is 92.0 Å². The predicted octanol–water partition coefficient (Wildman–Crippen LogP) is 5.52. The fraction of sp³-hybridized carbons (Fsp3) is 0.786. The molecule has 4 heterocycles. The number of rotatable bonds is 9. The van der Waals surface area contributed by atoms with Crippen molar-refractivity contribution in [1.29, 1.82) is 0 Å². The van der Waals surface area contributed by atoms with Crippen molar-refractivity contribution in [1.82, 2.24) is 19.7 Å². The Balaban J connectivity index is 1.47. The molecular formula is C28H43ClN5O10PS. The van der Waals surface area contributed by atoms with Crippen molar-refractivity contribution < 1.29 is 46.1 Å². The molecule has 0 aromatic carbocycles. The summed E-state index contributed by atoms with van der Waals surface area (Å²) in [7, 11) is -8.29. The van der Waals surface area contributed by atoms with Gasteiger partial charge in [-0.3, -0.25) is 9.46 Å². The second kappa shape index (κ2) is 12.2. The van der Waals surface area contributed by atoms with Crippen molar-refractivity contribution in [3.63, 3.8) is 0 Å². The first-order valence-corrected chi connectivity index (χ1v) is 19.1. The minimum atomic E-state index is -4.15. The standard InChI is InChI=1S/C28H43ClN5O10PS/c1-26(2,3)43-45(37,44-27(4,5)6)15-46(38,39)14-18-19-20(42-28(7,8)41-19)23(40-18)34-22-17(13-30-34)21(31-24(29)32-22)33(25(35)36)16-11-9-10-12-16/h13,16,18-20,23H,9-12,14-15H2,1-8H3,(H,35,36)/t18-,19-,20-,23-/m1/s1. The highest BCUT2D eigenvalue weighted by Gasteiger charge is 2.58. The van der Waals surface area contributed by atoms with Gasteiger partial charge in [-0.2, -0.15) is 15.1 Å². The number of aromatic nitrogens is 4. The van der Waals surface area contributed by atoms with Gasteiger partial charge in [0.2, 0.25) is 5.28 Å². The number of halogens is 1. The van der Waals surface area contributed by atoms with Gasteiger partial charge in [-0.05, 0) is 79.8 Å². The van der Waals surface area contributed by atoms with Gasteiger partial charge in [0, 0.05) is 6.04 Å². The maximum Gasteiger partial charge on any atom is 0.413 e. The largest absolute Gasteiger partial charge is 0.465 e. The summed E-state index contributed by atoms with van der Waals surface area (Å²) in [5, 5.41) is 14.7. The SMILES string of the molecule is CC(C)(C)OP(=O)(CS(=O)(=O)C[C@H]1O[C@@H](n2ncc3c(N(C(=O)O)C4CCCC4)nc(Cl)nc32)[C@@H]2OC(C)(C)O[C@@H]21)OC(C)(C)C. The molecule has 3 fully saturated rings. The van der Waals surface area contributed by atoms with Gasteiger partial charge in [0.1, 0.15) is 18.3 Å². The number of carbonyl (C=O) groups is 1. The molecule has 0 bridgehead atoms. The lowest BCUT2D eigenvalue weighted by molar-refractivity contribution is -0.195. The Morgan fingerprint density at radius 3 is 2.26 bits per heavy atom. The number of ether oxygens (including phenoxy) is 3. The second-order valence-corrected chi connectivity index (χ2v) is 19.2. The Labute approximate surface area is 273 Å². The minimum absolute atomic E-state index is 0.103. The van der Waals surface area contributed by atoms with Gasteiger partial charge in [-0.15, -0.1) is 0 Å². The molecule has 1 N–H and O–H groups in total. The van der Waals surface area contributed by atoms with Crippen LogP contribution in [0.4, 0.5) is 10.6 Å². The molecule has 1 amide bonds. The molecule has 5 rings (SSSR count). The number of fused-ring (bicyclic) bond motifs is 2. The number of anilines is 1.